The third-order valence-electron chi connectivity index (χ3n) is 4.11. The summed E-state index contributed by atoms with van der Waals surface area (Å²) in [6, 6.07) is 12.3. The molecule has 0 aromatic heterocycles. The molecule has 0 saturated carbocycles. The van der Waals surface area contributed by atoms with Crippen molar-refractivity contribution in [1.29, 1.82) is 0 Å². The molecule has 0 aliphatic carbocycles. The maximum Gasteiger partial charge on any atom is 0.216 e. The molecule has 5 heteroatoms. The van der Waals surface area contributed by atoms with Crippen LogP contribution in [-0.4, -0.2) is 43.2 Å². The molecule has 122 valence electrons. The number of carbonyl (C=O) groups excluding carboxylic acids is 1. The zero-order valence-corrected chi connectivity index (χ0v) is 14.0. The SMILES string of the molecule is CC(=O)NCC1CN(Cc2cc(Cl)cc3ccccc23)CCO1. The highest BCUT2D eigenvalue weighted by atomic mass is 35.5. The second kappa shape index (κ2) is 7.30. The van der Waals surface area contributed by atoms with E-state index in [4.69, 9.17) is 16.3 Å². The van der Waals surface area contributed by atoms with Crippen LogP contribution >= 0.6 is 11.6 Å². The first-order valence-electron chi connectivity index (χ1n) is 7.87. The van der Waals surface area contributed by atoms with Crippen LogP contribution in [-0.2, 0) is 16.1 Å². The van der Waals surface area contributed by atoms with Crippen molar-refractivity contribution in [3.8, 4) is 0 Å². The van der Waals surface area contributed by atoms with Gasteiger partial charge in [-0.05, 0) is 28.5 Å². The molecule has 0 spiro atoms. The van der Waals surface area contributed by atoms with E-state index >= 15 is 0 Å². The molecule has 3 rings (SSSR count). The minimum atomic E-state index is -0.0217. The van der Waals surface area contributed by atoms with Gasteiger partial charge in [0.1, 0.15) is 0 Å². The molecular weight excluding hydrogens is 312 g/mol. The third kappa shape index (κ3) is 4.22. The average molecular weight is 333 g/mol. The number of benzene rings is 2. The van der Waals surface area contributed by atoms with E-state index < -0.39 is 0 Å². The molecule has 1 saturated heterocycles. The fraction of sp³-hybridized carbons (Fsp3) is 0.389. The number of nitrogens with zero attached hydrogens (tertiary/aromatic N) is 1. The van der Waals surface area contributed by atoms with E-state index in [1.807, 2.05) is 18.2 Å². The summed E-state index contributed by atoms with van der Waals surface area (Å²) in [5.41, 5.74) is 1.23. The molecule has 1 aliphatic rings. The summed E-state index contributed by atoms with van der Waals surface area (Å²) in [6.07, 6.45) is 0.0399. The Kier molecular flexibility index (Phi) is 5.16. The number of ether oxygens (including phenoxy) is 1. The minimum Gasteiger partial charge on any atom is -0.374 e. The summed E-state index contributed by atoms with van der Waals surface area (Å²) in [6.45, 7) is 5.29. The average Bonchev–Trinajstić information content (AvgIpc) is 2.53. The molecule has 1 fully saturated rings. The monoisotopic (exact) mass is 332 g/mol. The van der Waals surface area contributed by atoms with Gasteiger partial charge in [0.2, 0.25) is 5.91 Å². The predicted molar refractivity (Wildman–Crippen MR) is 92.7 cm³/mol. The van der Waals surface area contributed by atoms with Gasteiger partial charge >= 0.3 is 0 Å². The van der Waals surface area contributed by atoms with Gasteiger partial charge in [-0.25, -0.2) is 0 Å². The fourth-order valence-corrected chi connectivity index (χ4v) is 3.28. The molecule has 4 nitrogen and oxygen atoms in total. The Bertz CT molecular complexity index is 704. The van der Waals surface area contributed by atoms with Crippen molar-refractivity contribution in [3.63, 3.8) is 0 Å². The van der Waals surface area contributed by atoms with Gasteiger partial charge in [0.05, 0.1) is 12.7 Å². The summed E-state index contributed by atoms with van der Waals surface area (Å²) >= 11 is 6.26. The highest BCUT2D eigenvalue weighted by Crippen LogP contribution is 2.25. The van der Waals surface area contributed by atoms with Crippen LogP contribution in [0, 0.1) is 0 Å². The van der Waals surface area contributed by atoms with Gasteiger partial charge in [0.15, 0.2) is 0 Å². The number of hydrogen-bond acceptors (Lipinski definition) is 3. The summed E-state index contributed by atoms with van der Waals surface area (Å²) in [7, 11) is 0. The van der Waals surface area contributed by atoms with E-state index in [0.717, 1.165) is 30.0 Å². The highest BCUT2D eigenvalue weighted by Gasteiger charge is 2.21. The Balaban J connectivity index is 1.72. The van der Waals surface area contributed by atoms with Gasteiger partial charge in [-0.3, -0.25) is 9.69 Å². The molecule has 0 radical (unpaired) electrons. The van der Waals surface area contributed by atoms with Crippen LogP contribution in [0.4, 0.5) is 0 Å². The first-order valence-corrected chi connectivity index (χ1v) is 8.25. The van der Waals surface area contributed by atoms with Gasteiger partial charge in [0, 0.05) is 38.1 Å². The number of nitrogens with one attached hydrogen (secondary N) is 1. The molecule has 1 atom stereocenters. The molecule has 1 amide bonds. The third-order valence-corrected chi connectivity index (χ3v) is 4.33. The second-order valence-corrected chi connectivity index (χ2v) is 6.39. The maximum absolute atomic E-state index is 11.0. The van der Waals surface area contributed by atoms with Crippen LogP contribution in [0.1, 0.15) is 12.5 Å². The highest BCUT2D eigenvalue weighted by molar-refractivity contribution is 6.31. The number of fused-ring (bicyclic) bond motifs is 1. The van der Waals surface area contributed by atoms with E-state index in [0.29, 0.717) is 13.2 Å². The standard InChI is InChI=1S/C18H21ClN2O2/c1-13(22)20-10-17-12-21(6-7-23-17)11-15-9-16(19)8-14-4-2-3-5-18(14)15/h2-5,8-9,17H,6-7,10-12H2,1H3,(H,20,22). The number of rotatable bonds is 4. The van der Waals surface area contributed by atoms with E-state index in [9.17, 15) is 4.79 Å². The zero-order chi connectivity index (χ0) is 16.2. The summed E-state index contributed by atoms with van der Waals surface area (Å²) in [4.78, 5) is 13.4. The fourth-order valence-electron chi connectivity index (χ4n) is 3.03. The lowest BCUT2D eigenvalue weighted by Gasteiger charge is -2.33. The minimum absolute atomic E-state index is 0.0217. The van der Waals surface area contributed by atoms with Crippen LogP contribution in [0.15, 0.2) is 36.4 Å². The quantitative estimate of drug-likeness (QED) is 0.936. The van der Waals surface area contributed by atoms with Crippen molar-refractivity contribution >= 4 is 28.3 Å². The number of halogens is 1. The predicted octanol–water partition coefficient (Wildman–Crippen LogP) is 2.83. The number of morpholine rings is 1. The van der Waals surface area contributed by atoms with E-state index in [1.165, 1.54) is 17.9 Å². The molecule has 2 aromatic rings. The van der Waals surface area contributed by atoms with Crippen LogP contribution in [0.5, 0.6) is 0 Å². The van der Waals surface area contributed by atoms with Crippen molar-refractivity contribution in [3.05, 3.63) is 47.0 Å². The number of carbonyl (C=O) groups is 1. The lowest BCUT2D eigenvalue weighted by Crippen LogP contribution is -2.46. The van der Waals surface area contributed by atoms with Gasteiger partial charge < -0.3 is 10.1 Å². The van der Waals surface area contributed by atoms with Crippen molar-refractivity contribution in [2.24, 2.45) is 0 Å². The maximum atomic E-state index is 11.0. The van der Waals surface area contributed by atoms with E-state index in [-0.39, 0.29) is 12.0 Å². The Morgan fingerprint density at radius 1 is 1.39 bits per heavy atom. The van der Waals surface area contributed by atoms with Crippen molar-refractivity contribution < 1.29 is 9.53 Å². The van der Waals surface area contributed by atoms with E-state index in [1.54, 1.807) is 0 Å². The summed E-state index contributed by atoms with van der Waals surface area (Å²) in [5.74, 6) is -0.0217. The smallest absolute Gasteiger partial charge is 0.216 e. The van der Waals surface area contributed by atoms with E-state index in [2.05, 4.69) is 28.4 Å². The molecule has 2 aromatic carbocycles. The summed E-state index contributed by atoms with van der Waals surface area (Å²) in [5, 5.41) is 5.99. The molecule has 1 aliphatic heterocycles. The van der Waals surface area contributed by atoms with Crippen LogP contribution in [0.2, 0.25) is 5.02 Å². The molecule has 1 unspecified atom stereocenters. The number of hydrogen-bond donors (Lipinski definition) is 1. The molecular formula is C18H21ClN2O2. The Hall–Kier alpha value is -1.62. The normalized spacial score (nSPS) is 19.0. The first kappa shape index (κ1) is 16.2. The lowest BCUT2D eigenvalue weighted by atomic mass is 10.0. The second-order valence-electron chi connectivity index (χ2n) is 5.95. The van der Waals surface area contributed by atoms with Gasteiger partial charge in [0.25, 0.3) is 0 Å². The van der Waals surface area contributed by atoms with Crippen LogP contribution < -0.4 is 5.32 Å². The molecule has 1 heterocycles. The topological polar surface area (TPSA) is 41.6 Å². The van der Waals surface area contributed by atoms with Crippen molar-refractivity contribution in [2.75, 3.05) is 26.2 Å². The Labute approximate surface area is 141 Å². The zero-order valence-electron chi connectivity index (χ0n) is 13.2. The summed E-state index contributed by atoms with van der Waals surface area (Å²) < 4.78 is 5.73. The molecule has 0 bridgehead atoms. The van der Waals surface area contributed by atoms with Crippen LogP contribution in [0.3, 0.4) is 0 Å². The largest absolute Gasteiger partial charge is 0.374 e. The van der Waals surface area contributed by atoms with Gasteiger partial charge in [-0.15, -0.1) is 0 Å². The molecule has 1 N–H and O–H groups in total. The Morgan fingerprint density at radius 2 is 2.22 bits per heavy atom. The van der Waals surface area contributed by atoms with Crippen LogP contribution in [0.25, 0.3) is 10.8 Å². The number of amides is 1. The van der Waals surface area contributed by atoms with Gasteiger partial charge in [-0.1, -0.05) is 35.9 Å². The van der Waals surface area contributed by atoms with Gasteiger partial charge in [-0.2, -0.15) is 0 Å². The Morgan fingerprint density at radius 3 is 3.04 bits per heavy atom. The first-order chi connectivity index (χ1) is 11.1. The lowest BCUT2D eigenvalue weighted by molar-refractivity contribution is -0.120. The van der Waals surface area contributed by atoms with Crippen molar-refractivity contribution in [1.82, 2.24) is 10.2 Å². The van der Waals surface area contributed by atoms with Crippen molar-refractivity contribution in [2.45, 2.75) is 19.6 Å². The molecule has 23 heavy (non-hydrogen) atoms.